The lowest BCUT2D eigenvalue weighted by atomic mass is 10.1. The Morgan fingerprint density at radius 1 is 1.25 bits per heavy atom. The molecule has 0 bridgehead atoms. The maximum atomic E-state index is 12.1. The second kappa shape index (κ2) is 6.23. The van der Waals surface area contributed by atoms with Crippen molar-refractivity contribution in [3.63, 3.8) is 0 Å². The molecule has 20 heavy (non-hydrogen) atoms. The second-order valence-electron chi connectivity index (χ2n) is 4.28. The van der Waals surface area contributed by atoms with Crippen LogP contribution in [0.4, 0.5) is 0 Å². The molecule has 0 unspecified atom stereocenters. The Morgan fingerprint density at radius 3 is 2.45 bits per heavy atom. The van der Waals surface area contributed by atoms with E-state index in [4.69, 9.17) is 9.26 Å². The first-order chi connectivity index (χ1) is 9.69. The molecule has 0 atom stereocenters. The summed E-state index contributed by atoms with van der Waals surface area (Å²) in [4.78, 5) is 13.8. The average Bonchev–Trinajstić information content (AvgIpc) is 2.98. The van der Waals surface area contributed by atoms with Crippen molar-refractivity contribution in [3.05, 3.63) is 36.0 Å². The predicted molar refractivity (Wildman–Crippen MR) is 75.7 cm³/mol. The summed E-state index contributed by atoms with van der Waals surface area (Å²) >= 11 is 0. The number of carbonyl (C=O) groups is 1. The number of amides is 1. The molecule has 0 spiro atoms. The van der Waals surface area contributed by atoms with Crippen molar-refractivity contribution in [3.8, 4) is 17.1 Å². The lowest BCUT2D eigenvalue weighted by molar-refractivity contribution is 0.0762. The summed E-state index contributed by atoms with van der Waals surface area (Å²) in [5, 5.41) is 3.85. The number of carbonyl (C=O) groups excluding carboxylic acids is 1. The minimum absolute atomic E-state index is 0.112. The molecule has 1 aromatic heterocycles. The topological polar surface area (TPSA) is 55.6 Å². The highest BCUT2D eigenvalue weighted by Crippen LogP contribution is 2.23. The van der Waals surface area contributed by atoms with E-state index in [0.29, 0.717) is 24.5 Å². The molecule has 1 amide bonds. The Morgan fingerprint density at radius 2 is 1.90 bits per heavy atom. The fraction of sp³-hybridized carbons (Fsp3) is 0.333. The number of aromatic nitrogens is 1. The molecule has 5 heteroatoms. The Balaban J connectivity index is 2.21. The summed E-state index contributed by atoms with van der Waals surface area (Å²) in [6.45, 7) is 5.18. The molecular formula is C15H18N2O3. The lowest BCUT2D eigenvalue weighted by Crippen LogP contribution is -2.30. The fourth-order valence-corrected chi connectivity index (χ4v) is 1.94. The summed E-state index contributed by atoms with van der Waals surface area (Å²) in [5.74, 6) is 1.23. The third kappa shape index (κ3) is 2.82. The van der Waals surface area contributed by atoms with Crippen molar-refractivity contribution in [1.82, 2.24) is 10.1 Å². The van der Waals surface area contributed by atoms with Gasteiger partial charge in [-0.3, -0.25) is 4.79 Å². The monoisotopic (exact) mass is 274 g/mol. The molecule has 0 saturated heterocycles. The van der Waals surface area contributed by atoms with Gasteiger partial charge in [0.1, 0.15) is 5.75 Å². The maximum absolute atomic E-state index is 12.1. The van der Waals surface area contributed by atoms with Crippen molar-refractivity contribution >= 4 is 5.91 Å². The summed E-state index contributed by atoms with van der Waals surface area (Å²) < 4.78 is 10.3. The minimum atomic E-state index is -0.112. The van der Waals surface area contributed by atoms with Crippen LogP contribution in [0.2, 0.25) is 0 Å². The molecule has 0 saturated carbocycles. The summed E-state index contributed by atoms with van der Waals surface area (Å²) in [5.41, 5.74) is 1.19. The Kier molecular flexibility index (Phi) is 4.40. The van der Waals surface area contributed by atoms with E-state index >= 15 is 0 Å². The smallest absolute Gasteiger partial charge is 0.276 e. The van der Waals surface area contributed by atoms with E-state index < -0.39 is 0 Å². The van der Waals surface area contributed by atoms with Gasteiger partial charge in [0.05, 0.1) is 7.11 Å². The molecular weight excluding hydrogens is 256 g/mol. The Labute approximate surface area is 118 Å². The van der Waals surface area contributed by atoms with Crippen molar-refractivity contribution < 1.29 is 14.1 Å². The van der Waals surface area contributed by atoms with E-state index in [2.05, 4.69) is 5.16 Å². The van der Waals surface area contributed by atoms with Crippen LogP contribution in [0.1, 0.15) is 24.3 Å². The van der Waals surface area contributed by atoms with Crippen LogP contribution in [0.5, 0.6) is 5.75 Å². The van der Waals surface area contributed by atoms with Gasteiger partial charge in [-0.1, -0.05) is 5.16 Å². The van der Waals surface area contributed by atoms with Crippen molar-refractivity contribution in [1.29, 1.82) is 0 Å². The highest BCUT2D eigenvalue weighted by atomic mass is 16.5. The molecule has 0 aliphatic carbocycles. The molecule has 0 aliphatic heterocycles. The zero-order chi connectivity index (χ0) is 14.5. The zero-order valence-corrected chi connectivity index (χ0v) is 11.9. The van der Waals surface area contributed by atoms with Crippen LogP contribution in [0.3, 0.4) is 0 Å². The van der Waals surface area contributed by atoms with Gasteiger partial charge in [0.25, 0.3) is 5.91 Å². The zero-order valence-electron chi connectivity index (χ0n) is 11.9. The van der Waals surface area contributed by atoms with Gasteiger partial charge in [0.15, 0.2) is 11.5 Å². The summed E-state index contributed by atoms with van der Waals surface area (Å²) in [7, 11) is 1.62. The quantitative estimate of drug-likeness (QED) is 0.841. The van der Waals surface area contributed by atoms with E-state index in [1.807, 2.05) is 38.1 Å². The third-order valence-electron chi connectivity index (χ3n) is 3.15. The number of rotatable bonds is 5. The van der Waals surface area contributed by atoms with Gasteiger partial charge in [-0.2, -0.15) is 0 Å². The number of ether oxygens (including phenoxy) is 1. The van der Waals surface area contributed by atoms with Crippen molar-refractivity contribution in [2.45, 2.75) is 13.8 Å². The number of hydrogen-bond acceptors (Lipinski definition) is 4. The van der Waals surface area contributed by atoms with E-state index in [9.17, 15) is 4.79 Å². The first-order valence-corrected chi connectivity index (χ1v) is 6.60. The molecule has 1 aromatic carbocycles. The van der Waals surface area contributed by atoms with Crippen molar-refractivity contribution in [2.75, 3.05) is 20.2 Å². The summed E-state index contributed by atoms with van der Waals surface area (Å²) in [6, 6.07) is 9.08. The number of benzene rings is 1. The molecule has 2 rings (SSSR count). The Bertz CT molecular complexity index is 571. The number of hydrogen-bond donors (Lipinski definition) is 0. The molecule has 1 heterocycles. The van der Waals surface area contributed by atoms with Gasteiger partial charge >= 0.3 is 0 Å². The van der Waals surface area contributed by atoms with Crippen LogP contribution in [-0.4, -0.2) is 36.2 Å². The van der Waals surface area contributed by atoms with Crippen molar-refractivity contribution in [2.24, 2.45) is 0 Å². The average molecular weight is 274 g/mol. The van der Waals surface area contributed by atoms with E-state index in [1.165, 1.54) is 0 Å². The van der Waals surface area contributed by atoms with Gasteiger partial charge in [-0.15, -0.1) is 0 Å². The highest BCUT2D eigenvalue weighted by molar-refractivity contribution is 5.93. The third-order valence-corrected chi connectivity index (χ3v) is 3.15. The van der Waals surface area contributed by atoms with E-state index in [1.54, 1.807) is 18.1 Å². The molecule has 2 aromatic rings. The molecule has 0 radical (unpaired) electrons. The first-order valence-electron chi connectivity index (χ1n) is 6.60. The molecule has 5 nitrogen and oxygen atoms in total. The summed E-state index contributed by atoms with van der Waals surface area (Å²) in [6.07, 6.45) is 0. The molecule has 106 valence electrons. The highest BCUT2D eigenvalue weighted by Gasteiger charge is 2.18. The Hall–Kier alpha value is -2.30. The van der Waals surface area contributed by atoms with Gasteiger partial charge in [-0.25, -0.2) is 0 Å². The van der Waals surface area contributed by atoms with Gasteiger partial charge in [0, 0.05) is 24.7 Å². The molecule has 0 aliphatic rings. The minimum Gasteiger partial charge on any atom is -0.497 e. The second-order valence-corrected chi connectivity index (χ2v) is 4.28. The SMILES string of the molecule is CCN(CC)C(=O)c1cc(-c2ccc(OC)cc2)on1. The van der Waals surface area contributed by atoms with Gasteiger partial charge in [0.2, 0.25) is 0 Å². The standard InChI is InChI=1S/C15H18N2O3/c1-4-17(5-2)15(18)13-10-14(20-16-13)11-6-8-12(19-3)9-7-11/h6-10H,4-5H2,1-3H3. The van der Waals surface area contributed by atoms with E-state index in [-0.39, 0.29) is 5.91 Å². The van der Waals surface area contributed by atoms with Gasteiger partial charge < -0.3 is 14.2 Å². The first kappa shape index (κ1) is 14.1. The van der Waals surface area contributed by atoms with Crippen LogP contribution in [0, 0.1) is 0 Å². The van der Waals surface area contributed by atoms with E-state index in [0.717, 1.165) is 11.3 Å². The molecule has 0 fully saturated rings. The largest absolute Gasteiger partial charge is 0.497 e. The van der Waals surface area contributed by atoms with Crippen LogP contribution in [0.25, 0.3) is 11.3 Å². The predicted octanol–water partition coefficient (Wildman–Crippen LogP) is 2.83. The van der Waals surface area contributed by atoms with Crippen LogP contribution in [-0.2, 0) is 0 Å². The number of methoxy groups -OCH3 is 1. The fourth-order valence-electron chi connectivity index (χ4n) is 1.94. The lowest BCUT2D eigenvalue weighted by Gasteiger charge is -2.16. The van der Waals surface area contributed by atoms with Crippen LogP contribution >= 0.6 is 0 Å². The number of nitrogens with zero attached hydrogens (tertiary/aromatic N) is 2. The van der Waals surface area contributed by atoms with Crippen LogP contribution in [0.15, 0.2) is 34.9 Å². The van der Waals surface area contributed by atoms with Crippen LogP contribution < -0.4 is 4.74 Å². The van der Waals surface area contributed by atoms with Gasteiger partial charge in [-0.05, 0) is 38.1 Å². The maximum Gasteiger partial charge on any atom is 0.276 e. The normalized spacial score (nSPS) is 10.3. The molecule has 0 N–H and O–H groups in total.